The lowest BCUT2D eigenvalue weighted by Crippen LogP contribution is -1.96. The molecule has 51 heavy (non-hydrogen) atoms. The molecular weight excluding hydrogens is 637 g/mol. The van der Waals surface area contributed by atoms with Crippen LogP contribution in [-0.2, 0) is 0 Å². The van der Waals surface area contributed by atoms with Crippen molar-refractivity contribution in [3.05, 3.63) is 182 Å². The SMILES string of the molecule is [2H]c1c([2H])c(-c2ccccc2)c([2H])c(-c2c([2H])c([2H])c3sc4c([2H])c([2H])c([2H])c(-n5c6ccccc6c6cc(-n7c8ccccc8c8c([2H])c([2H])c([2H])c([2H])c87)ccc65)c4c3c2[2H])c1[2H]. The van der Waals surface area contributed by atoms with Gasteiger partial charge in [0.2, 0.25) is 0 Å². The predicted molar refractivity (Wildman–Crippen MR) is 219 cm³/mol. The van der Waals surface area contributed by atoms with E-state index >= 15 is 0 Å². The van der Waals surface area contributed by atoms with Gasteiger partial charge in [0.15, 0.2) is 0 Å². The van der Waals surface area contributed by atoms with E-state index in [1.165, 1.54) is 0 Å². The molecule has 0 aliphatic rings. The molecule has 0 amide bonds. The Morgan fingerprint density at radius 1 is 0.412 bits per heavy atom. The minimum atomic E-state index is -0.548. The number of aromatic nitrogens is 2. The largest absolute Gasteiger partial charge is 0.309 e. The summed E-state index contributed by atoms with van der Waals surface area (Å²) in [6.45, 7) is 0. The summed E-state index contributed by atoms with van der Waals surface area (Å²) in [5, 5.41) is 2.73. The fourth-order valence-electron chi connectivity index (χ4n) is 7.23. The Bertz CT molecular complexity index is 3950. The maximum absolute atomic E-state index is 9.84. The van der Waals surface area contributed by atoms with Gasteiger partial charge in [-0.25, -0.2) is 0 Å². The van der Waals surface area contributed by atoms with Gasteiger partial charge in [-0.3, -0.25) is 0 Å². The molecule has 11 aromatic rings. The standard InChI is InChI=1S/C48H30N2S/c1-2-12-31(13-3-1)32-14-10-15-33(28-32)34-24-27-46-40(29-34)48-45(22-11-23-47(48)51-46)50-43-21-9-6-18-38(43)39-30-35(25-26-44(39)50)49-41-19-7-4-16-36(41)37-17-5-8-20-42(37)49/h1-30H/i4D,7D,10D,11D,14D,15D,16D,19D,22D,23D,24D,27D,28D,29D. The van der Waals surface area contributed by atoms with Crippen molar-refractivity contribution in [1.29, 1.82) is 0 Å². The van der Waals surface area contributed by atoms with Gasteiger partial charge in [0.05, 0.1) is 46.9 Å². The van der Waals surface area contributed by atoms with E-state index in [2.05, 4.69) is 0 Å². The molecule has 8 aromatic carbocycles. The Morgan fingerprint density at radius 3 is 1.96 bits per heavy atom. The third kappa shape index (κ3) is 4.29. The highest BCUT2D eigenvalue weighted by Crippen LogP contribution is 2.43. The molecule has 3 heteroatoms. The number of hydrogen-bond donors (Lipinski definition) is 0. The van der Waals surface area contributed by atoms with Gasteiger partial charge in [-0.15, -0.1) is 11.3 Å². The van der Waals surface area contributed by atoms with E-state index in [9.17, 15) is 6.85 Å². The second kappa shape index (κ2) is 11.0. The Kier molecular flexibility index (Phi) is 3.90. The van der Waals surface area contributed by atoms with E-state index in [1.54, 1.807) is 34.9 Å². The molecule has 2 nitrogen and oxygen atoms in total. The van der Waals surface area contributed by atoms with Crippen LogP contribution in [0.4, 0.5) is 0 Å². The summed E-state index contributed by atoms with van der Waals surface area (Å²) in [6, 6.07) is 23.8. The van der Waals surface area contributed by atoms with Crippen LogP contribution in [0.2, 0.25) is 0 Å². The molecule has 11 rings (SSSR count). The van der Waals surface area contributed by atoms with Gasteiger partial charge in [-0.2, -0.15) is 0 Å². The maximum Gasteiger partial charge on any atom is 0.0645 e. The van der Waals surface area contributed by atoms with E-state index in [4.69, 9.17) is 12.3 Å². The first-order chi connectivity index (χ1) is 31.1. The Hall–Kier alpha value is -6.42. The summed E-state index contributed by atoms with van der Waals surface area (Å²) in [4.78, 5) is 0. The maximum atomic E-state index is 9.84. The highest BCUT2D eigenvalue weighted by atomic mass is 32.1. The molecule has 3 aromatic heterocycles. The van der Waals surface area contributed by atoms with Crippen molar-refractivity contribution in [2.75, 3.05) is 0 Å². The van der Waals surface area contributed by atoms with Crippen molar-refractivity contribution in [3.8, 4) is 33.6 Å². The first kappa shape index (κ1) is 18.0. The third-order valence-electron chi connectivity index (χ3n) is 9.43. The van der Waals surface area contributed by atoms with E-state index in [1.807, 2.05) is 71.3 Å². The first-order valence-electron chi connectivity index (χ1n) is 23.3. The predicted octanol–water partition coefficient (Wildman–Crippen LogP) is 13.6. The van der Waals surface area contributed by atoms with Crippen LogP contribution in [0.25, 0.3) is 97.4 Å². The quantitative estimate of drug-likeness (QED) is 0.175. The average Bonchev–Trinajstić information content (AvgIpc) is 3.99. The normalized spacial score (nSPS) is 15.8. The summed E-state index contributed by atoms with van der Waals surface area (Å²) >= 11 is 0.956. The zero-order valence-electron chi connectivity index (χ0n) is 40.5. The molecule has 3 heterocycles. The molecule has 0 aliphatic heterocycles. The fraction of sp³-hybridized carbons (Fsp3) is 0. The van der Waals surface area contributed by atoms with E-state index in [-0.39, 0.29) is 103 Å². The number of thiophene rings is 1. The second-order valence-electron chi connectivity index (χ2n) is 12.2. The van der Waals surface area contributed by atoms with Crippen LogP contribution in [-0.4, -0.2) is 9.13 Å². The number of rotatable bonds is 4. The minimum absolute atomic E-state index is 0.0366. The fourth-order valence-corrected chi connectivity index (χ4v) is 8.19. The first-order valence-corrected chi connectivity index (χ1v) is 17.1. The van der Waals surface area contributed by atoms with Crippen molar-refractivity contribution in [1.82, 2.24) is 9.13 Å². The minimum Gasteiger partial charge on any atom is -0.309 e. The molecule has 0 saturated carbocycles. The van der Waals surface area contributed by atoms with E-state index in [0.29, 0.717) is 49.5 Å². The van der Waals surface area contributed by atoms with Crippen LogP contribution >= 0.6 is 11.3 Å². The lowest BCUT2D eigenvalue weighted by molar-refractivity contribution is 1.17. The summed E-state index contributed by atoms with van der Waals surface area (Å²) in [5.41, 5.74) is 2.82. The molecule has 0 bridgehead atoms. The van der Waals surface area contributed by atoms with Crippen molar-refractivity contribution < 1.29 is 19.2 Å². The Morgan fingerprint density at radius 2 is 1.10 bits per heavy atom. The van der Waals surface area contributed by atoms with E-state index < -0.39 is 24.2 Å². The number of nitrogens with zero attached hydrogens (tertiary/aromatic N) is 2. The Labute approximate surface area is 318 Å². The molecule has 0 fully saturated rings. The van der Waals surface area contributed by atoms with Crippen molar-refractivity contribution in [3.63, 3.8) is 0 Å². The number of para-hydroxylation sites is 3. The number of benzene rings is 8. The van der Waals surface area contributed by atoms with Crippen LogP contribution in [0, 0.1) is 0 Å². The summed E-state index contributed by atoms with van der Waals surface area (Å²) in [6.07, 6.45) is 0. The molecule has 0 unspecified atom stereocenters. The highest BCUT2D eigenvalue weighted by Gasteiger charge is 2.19. The molecule has 0 aliphatic carbocycles. The monoisotopic (exact) mass is 680 g/mol. The van der Waals surface area contributed by atoms with Crippen molar-refractivity contribution in [2.45, 2.75) is 0 Å². The van der Waals surface area contributed by atoms with Gasteiger partial charge < -0.3 is 9.13 Å². The van der Waals surface area contributed by atoms with E-state index in [0.717, 1.165) is 16.7 Å². The molecule has 0 spiro atoms. The van der Waals surface area contributed by atoms with Crippen molar-refractivity contribution >= 4 is 75.1 Å². The smallest absolute Gasteiger partial charge is 0.0645 e. The molecule has 0 N–H and O–H groups in total. The Balaban J connectivity index is 1.25. The zero-order valence-corrected chi connectivity index (χ0v) is 27.4. The second-order valence-corrected chi connectivity index (χ2v) is 13.3. The van der Waals surface area contributed by atoms with Crippen molar-refractivity contribution in [2.24, 2.45) is 0 Å². The molecular formula is C48H30N2S. The third-order valence-corrected chi connectivity index (χ3v) is 10.5. The van der Waals surface area contributed by atoms with Gasteiger partial charge in [-0.1, -0.05) is 115 Å². The van der Waals surface area contributed by atoms with Crippen LogP contribution in [0.3, 0.4) is 0 Å². The molecule has 0 radical (unpaired) electrons. The lowest BCUT2D eigenvalue weighted by Gasteiger charge is -2.12. The van der Waals surface area contributed by atoms with Crippen LogP contribution < -0.4 is 0 Å². The summed E-state index contributed by atoms with van der Waals surface area (Å²) in [7, 11) is 0. The lowest BCUT2D eigenvalue weighted by atomic mass is 9.98. The average molecular weight is 681 g/mol. The van der Waals surface area contributed by atoms with Crippen LogP contribution in [0.1, 0.15) is 19.2 Å². The highest BCUT2D eigenvalue weighted by molar-refractivity contribution is 7.25. The zero-order chi connectivity index (χ0) is 45.7. The topological polar surface area (TPSA) is 9.86 Å². The number of hydrogen-bond acceptors (Lipinski definition) is 1. The van der Waals surface area contributed by atoms with Crippen LogP contribution in [0.5, 0.6) is 0 Å². The molecule has 238 valence electrons. The van der Waals surface area contributed by atoms with Gasteiger partial charge in [0.25, 0.3) is 0 Å². The summed E-state index contributed by atoms with van der Waals surface area (Å²) < 4.78 is 131. The van der Waals surface area contributed by atoms with Gasteiger partial charge >= 0.3 is 0 Å². The van der Waals surface area contributed by atoms with Gasteiger partial charge in [-0.05, 0) is 88.8 Å². The molecule has 0 saturated heterocycles. The van der Waals surface area contributed by atoms with Gasteiger partial charge in [0, 0.05) is 47.4 Å². The van der Waals surface area contributed by atoms with Crippen LogP contribution in [0.15, 0.2) is 182 Å². The number of fused-ring (bicyclic) bond motifs is 9. The van der Waals surface area contributed by atoms with Gasteiger partial charge in [0.1, 0.15) is 0 Å². The molecule has 0 atom stereocenters. The summed E-state index contributed by atoms with van der Waals surface area (Å²) in [5.74, 6) is 0.